The van der Waals surface area contributed by atoms with E-state index >= 15 is 0 Å². The van der Waals surface area contributed by atoms with Crippen LogP contribution in [-0.4, -0.2) is 23.6 Å². The van der Waals surface area contributed by atoms with Gasteiger partial charge in [0.25, 0.3) is 0 Å². The van der Waals surface area contributed by atoms with E-state index in [4.69, 9.17) is 4.74 Å². The highest BCUT2D eigenvalue weighted by Crippen LogP contribution is 2.66. The summed E-state index contributed by atoms with van der Waals surface area (Å²) in [5.74, 6) is 2.94. The molecule has 0 radical (unpaired) electrons. The predicted molar refractivity (Wildman–Crippen MR) is 102 cm³/mol. The molecule has 1 N–H and O–H groups in total. The zero-order chi connectivity index (χ0) is 18.7. The number of rotatable bonds is 3. The number of aliphatic hydroxyl groups excluding tert-OH is 1. The van der Waals surface area contributed by atoms with Gasteiger partial charge in [0.2, 0.25) is 0 Å². The molecule has 2 saturated carbocycles. The van der Waals surface area contributed by atoms with Crippen LogP contribution in [0.15, 0.2) is 23.5 Å². The van der Waals surface area contributed by atoms with Crippen LogP contribution < -0.4 is 0 Å². The summed E-state index contributed by atoms with van der Waals surface area (Å²) in [6.07, 6.45) is 10.4. The Morgan fingerprint density at radius 3 is 2.81 bits per heavy atom. The quantitative estimate of drug-likeness (QED) is 0.798. The van der Waals surface area contributed by atoms with Gasteiger partial charge in [-0.1, -0.05) is 19.9 Å². The van der Waals surface area contributed by atoms with E-state index < -0.39 is 0 Å². The van der Waals surface area contributed by atoms with Gasteiger partial charge in [-0.3, -0.25) is 4.79 Å². The highest BCUT2D eigenvalue weighted by molar-refractivity contribution is 5.79. The van der Waals surface area contributed by atoms with Crippen molar-refractivity contribution in [2.45, 2.75) is 72.3 Å². The topological polar surface area (TPSA) is 46.5 Å². The summed E-state index contributed by atoms with van der Waals surface area (Å²) in [6, 6.07) is 0. The van der Waals surface area contributed by atoms with Gasteiger partial charge in [-0.2, -0.15) is 0 Å². The Bertz CT molecular complexity index is 662. The fraction of sp³-hybridized carbons (Fsp3) is 0.783. The molecule has 2 fully saturated rings. The monoisotopic (exact) mass is 358 g/mol. The Morgan fingerprint density at radius 2 is 2.12 bits per heavy atom. The molecule has 0 aliphatic heterocycles. The third kappa shape index (κ3) is 2.46. The lowest BCUT2D eigenvalue weighted by Crippen LogP contribution is -2.56. The van der Waals surface area contributed by atoms with Crippen LogP contribution in [0, 0.1) is 34.5 Å². The summed E-state index contributed by atoms with van der Waals surface area (Å²) in [5.41, 5.74) is 1.39. The number of hydrogen-bond acceptors (Lipinski definition) is 3. The number of fused-ring (bicyclic) bond motifs is 5. The van der Waals surface area contributed by atoms with E-state index in [1.54, 1.807) is 6.92 Å². The lowest BCUT2D eigenvalue weighted by molar-refractivity contribution is -0.138. The van der Waals surface area contributed by atoms with Crippen LogP contribution in [0.5, 0.6) is 0 Å². The van der Waals surface area contributed by atoms with E-state index in [2.05, 4.69) is 26.0 Å². The van der Waals surface area contributed by atoms with Crippen LogP contribution in [-0.2, 0) is 9.53 Å². The molecular formula is C23H34O3. The summed E-state index contributed by atoms with van der Waals surface area (Å²) in [4.78, 5) is 12.2. The van der Waals surface area contributed by atoms with E-state index in [9.17, 15) is 9.90 Å². The number of aliphatic hydroxyl groups is 1. The standard InChI is InChI=1S/C23H34O3/c1-5-26-16-10-11-22(3)15(12-16)6-7-17-19-9-8-18(14(2)24)23(19,4)13-20(25)21(17)22/h6,12,17-21,25H,5,7-11,13H2,1-4H3/t17-,18+,19-,20+,21+,22-,23+/m0/s1. The van der Waals surface area contributed by atoms with Gasteiger partial charge in [0.05, 0.1) is 18.5 Å². The molecule has 4 aliphatic carbocycles. The van der Waals surface area contributed by atoms with Crippen molar-refractivity contribution in [2.75, 3.05) is 6.61 Å². The molecule has 0 bridgehead atoms. The van der Waals surface area contributed by atoms with Crippen molar-refractivity contribution < 1.29 is 14.6 Å². The number of allylic oxidation sites excluding steroid dienone is 4. The van der Waals surface area contributed by atoms with Crippen molar-refractivity contribution in [3.8, 4) is 0 Å². The smallest absolute Gasteiger partial charge is 0.133 e. The second-order valence-electron chi connectivity index (χ2n) is 9.67. The van der Waals surface area contributed by atoms with Crippen molar-refractivity contribution in [1.82, 2.24) is 0 Å². The summed E-state index contributed by atoms with van der Waals surface area (Å²) < 4.78 is 5.79. The molecule has 26 heavy (non-hydrogen) atoms. The zero-order valence-electron chi connectivity index (χ0n) is 16.8. The SMILES string of the molecule is CCOC1=CC2=CC[C@@H]3[C@H]([C@H](O)C[C@]4(C)[C@@H](C(C)=O)CC[C@@H]34)[C@@]2(C)CC1. The molecule has 0 aromatic rings. The van der Waals surface area contributed by atoms with Gasteiger partial charge in [-0.05, 0) is 86.2 Å². The maximum Gasteiger partial charge on any atom is 0.133 e. The number of hydrogen-bond donors (Lipinski definition) is 1. The predicted octanol–water partition coefficient (Wildman–Crippen LogP) is 4.66. The van der Waals surface area contributed by atoms with Crippen molar-refractivity contribution in [2.24, 2.45) is 34.5 Å². The van der Waals surface area contributed by atoms with Gasteiger partial charge in [0, 0.05) is 12.3 Å². The fourth-order valence-electron chi connectivity index (χ4n) is 7.40. The van der Waals surface area contributed by atoms with Gasteiger partial charge < -0.3 is 9.84 Å². The first-order valence-electron chi connectivity index (χ1n) is 10.5. The normalized spacial score (nSPS) is 47.2. The van der Waals surface area contributed by atoms with Crippen LogP contribution in [0.3, 0.4) is 0 Å². The van der Waals surface area contributed by atoms with Crippen LogP contribution in [0.1, 0.15) is 66.2 Å². The largest absolute Gasteiger partial charge is 0.498 e. The lowest BCUT2D eigenvalue weighted by atomic mass is 9.47. The molecule has 0 unspecified atom stereocenters. The molecule has 0 heterocycles. The molecule has 4 aliphatic rings. The minimum atomic E-state index is -0.308. The lowest BCUT2D eigenvalue weighted by Gasteiger charge is -2.58. The summed E-state index contributed by atoms with van der Waals surface area (Å²) in [7, 11) is 0. The van der Waals surface area contributed by atoms with E-state index in [0.29, 0.717) is 23.5 Å². The van der Waals surface area contributed by atoms with Gasteiger partial charge in [-0.15, -0.1) is 0 Å². The molecule has 0 aromatic heterocycles. The van der Waals surface area contributed by atoms with E-state index in [1.807, 2.05) is 6.92 Å². The minimum Gasteiger partial charge on any atom is -0.498 e. The number of ether oxygens (including phenoxy) is 1. The highest BCUT2D eigenvalue weighted by Gasteiger charge is 2.61. The third-order valence-electron chi connectivity index (χ3n) is 8.48. The summed E-state index contributed by atoms with van der Waals surface area (Å²) in [6.45, 7) is 9.15. The maximum absolute atomic E-state index is 12.2. The van der Waals surface area contributed by atoms with Crippen LogP contribution >= 0.6 is 0 Å². The summed E-state index contributed by atoms with van der Waals surface area (Å²) >= 11 is 0. The van der Waals surface area contributed by atoms with Crippen LogP contribution in [0.25, 0.3) is 0 Å². The Kier molecular flexibility index (Phi) is 4.38. The number of carbonyl (C=O) groups excluding carboxylic acids is 1. The number of Topliss-reactive ketones (excluding diaryl/α,β-unsaturated/α-hetero) is 1. The molecule has 0 spiro atoms. The first-order valence-corrected chi connectivity index (χ1v) is 10.5. The van der Waals surface area contributed by atoms with Gasteiger partial charge in [0.1, 0.15) is 5.78 Å². The number of ketones is 1. The van der Waals surface area contributed by atoms with Crippen LogP contribution in [0.2, 0.25) is 0 Å². The molecule has 0 aromatic carbocycles. The average molecular weight is 359 g/mol. The minimum absolute atomic E-state index is 0.0187. The Balaban J connectivity index is 1.70. The van der Waals surface area contributed by atoms with Crippen molar-refractivity contribution in [3.05, 3.63) is 23.5 Å². The van der Waals surface area contributed by atoms with Gasteiger partial charge >= 0.3 is 0 Å². The van der Waals surface area contributed by atoms with Crippen molar-refractivity contribution in [1.29, 1.82) is 0 Å². The fourth-order valence-corrected chi connectivity index (χ4v) is 7.40. The Hall–Kier alpha value is -1.09. The molecule has 4 rings (SSSR count). The zero-order valence-corrected chi connectivity index (χ0v) is 16.8. The molecular weight excluding hydrogens is 324 g/mol. The molecule has 144 valence electrons. The van der Waals surface area contributed by atoms with Gasteiger partial charge in [0.15, 0.2) is 0 Å². The van der Waals surface area contributed by atoms with Crippen LogP contribution in [0.4, 0.5) is 0 Å². The third-order valence-corrected chi connectivity index (χ3v) is 8.48. The maximum atomic E-state index is 12.2. The van der Waals surface area contributed by atoms with E-state index in [1.165, 1.54) is 5.57 Å². The second kappa shape index (κ2) is 6.22. The molecule has 7 atom stereocenters. The highest BCUT2D eigenvalue weighted by atomic mass is 16.5. The first-order chi connectivity index (χ1) is 12.3. The average Bonchev–Trinajstić information content (AvgIpc) is 2.91. The second-order valence-corrected chi connectivity index (χ2v) is 9.67. The Labute approximate surface area is 157 Å². The van der Waals surface area contributed by atoms with Crippen molar-refractivity contribution >= 4 is 5.78 Å². The van der Waals surface area contributed by atoms with Gasteiger partial charge in [-0.25, -0.2) is 0 Å². The Morgan fingerprint density at radius 1 is 1.35 bits per heavy atom. The number of carbonyl (C=O) groups is 1. The molecule has 0 saturated heterocycles. The van der Waals surface area contributed by atoms with E-state index in [0.717, 1.165) is 50.9 Å². The van der Waals surface area contributed by atoms with E-state index in [-0.39, 0.29) is 22.9 Å². The molecule has 3 nitrogen and oxygen atoms in total. The molecule has 3 heteroatoms. The summed E-state index contributed by atoms with van der Waals surface area (Å²) in [5, 5.41) is 11.3. The van der Waals surface area contributed by atoms with Crippen molar-refractivity contribution in [3.63, 3.8) is 0 Å². The molecule has 0 amide bonds. The first kappa shape index (κ1) is 18.3.